The molecule has 9 rings (SSSR count). The van der Waals surface area contributed by atoms with Crippen LogP contribution in [0.2, 0.25) is 0 Å². The van der Waals surface area contributed by atoms with Crippen LogP contribution in [-0.4, -0.2) is 48.3 Å². The van der Waals surface area contributed by atoms with E-state index in [4.69, 9.17) is 10.1 Å². The molecule has 379 valence electrons. The SMILES string of the molecule is C.C.C.C.CC(C)N1C=CN(c2[c-]c(N3C=CN(C(C)C)[CH-]3)cc(C(C)(C)C)c2)[CH-]1.O=CO[O-].[CH2-][n+]1c(-c2[c-]cccc2)cccc1-c1ncc[n-]1.[H-].[Ir].[Na+].[Na+].c1ccc(-c2cccc(-c3ncc[nH]3)n2)cc1. The second-order valence-corrected chi connectivity index (χ2v) is 16.4. The van der Waals surface area contributed by atoms with E-state index in [0.29, 0.717) is 17.9 Å². The number of benzene rings is 3. The van der Waals surface area contributed by atoms with Gasteiger partial charge in [-0.15, -0.1) is 65.5 Å². The molecule has 2 aliphatic heterocycles. The van der Waals surface area contributed by atoms with Gasteiger partial charge in [0.15, 0.2) is 5.82 Å². The molecule has 0 fully saturated rings. The summed E-state index contributed by atoms with van der Waals surface area (Å²) in [5, 5.41) is 8.43. The van der Waals surface area contributed by atoms with E-state index in [1.165, 1.54) is 5.56 Å². The third-order valence-corrected chi connectivity index (χ3v) is 10.1. The summed E-state index contributed by atoms with van der Waals surface area (Å²) < 4.78 is 1.83. The molecule has 7 aromatic rings. The van der Waals surface area contributed by atoms with Crippen molar-refractivity contribution in [2.45, 2.75) is 95.7 Å². The van der Waals surface area contributed by atoms with Crippen molar-refractivity contribution in [1.29, 1.82) is 0 Å². The zero-order valence-electron chi connectivity index (χ0n) is 41.1. The molecule has 16 heteroatoms. The summed E-state index contributed by atoms with van der Waals surface area (Å²) in [6, 6.07) is 42.0. The van der Waals surface area contributed by atoms with Crippen LogP contribution in [0.5, 0.6) is 0 Å². The Morgan fingerprint density at radius 1 is 0.778 bits per heavy atom. The normalized spacial score (nSPS) is 11.7. The van der Waals surface area contributed by atoms with Gasteiger partial charge in [-0.3, -0.25) is 4.79 Å². The van der Waals surface area contributed by atoms with E-state index in [2.05, 4.69) is 167 Å². The van der Waals surface area contributed by atoms with Crippen molar-refractivity contribution in [2.24, 2.45) is 0 Å². The Morgan fingerprint density at radius 2 is 1.33 bits per heavy atom. The number of nitrogens with one attached hydrogen (secondary N) is 1. The van der Waals surface area contributed by atoms with Gasteiger partial charge in [0.1, 0.15) is 17.1 Å². The van der Waals surface area contributed by atoms with Crippen molar-refractivity contribution in [3.05, 3.63) is 191 Å². The predicted octanol–water partition coefficient (Wildman–Crippen LogP) is 5.36. The van der Waals surface area contributed by atoms with E-state index in [1.807, 2.05) is 95.6 Å². The van der Waals surface area contributed by atoms with Gasteiger partial charge in [-0.2, -0.15) is 13.3 Å². The second kappa shape index (κ2) is 33.7. The maximum absolute atomic E-state index is 8.64. The molecule has 1 N–H and O–H groups in total. The third-order valence-electron chi connectivity index (χ3n) is 10.1. The maximum atomic E-state index is 8.64. The first kappa shape index (κ1) is 69.1. The van der Waals surface area contributed by atoms with Crippen molar-refractivity contribution in [3.8, 4) is 45.6 Å². The summed E-state index contributed by atoms with van der Waals surface area (Å²) in [6.45, 7) is 19.6. The van der Waals surface area contributed by atoms with Crippen molar-refractivity contribution in [3.63, 3.8) is 0 Å². The van der Waals surface area contributed by atoms with Crippen LogP contribution in [0.25, 0.3) is 45.6 Å². The zero-order valence-corrected chi connectivity index (χ0v) is 46.5. The molecule has 2 aliphatic rings. The number of aromatic nitrogens is 6. The molecule has 0 spiro atoms. The van der Waals surface area contributed by atoms with Crippen molar-refractivity contribution in [1.82, 2.24) is 34.7 Å². The number of H-pyrrole nitrogens is 1. The first-order valence-corrected chi connectivity index (χ1v) is 21.1. The Labute approximate surface area is 490 Å². The Kier molecular flexibility index (Phi) is 32.3. The van der Waals surface area contributed by atoms with Crippen LogP contribution in [0.3, 0.4) is 0 Å². The summed E-state index contributed by atoms with van der Waals surface area (Å²) in [7, 11) is 4.07. The Morgan fingerprint density at radius 3 is 1.81 bits per heavy atom. The zero-order chi connectivity index (χ0) is 46.3. The average molecular weight is 1170 g/mol. The number of nitrogens with zero attached hydrogens (tertiary/aromatic N) is 9. The molecule has 0 unspecified atom stereocenters. The number of rotatable bonds is 9. The van der Waals surface area contributed by atoms with Gasteiger partial charge in [-0.05, 0) is 100 Å². The molecule has 1 radical (unpaired) electrons. The van der Waals surface area contributed by atoms with Gasteiger partial charge in [0.25, 0.3) is 6.47 Å². The second-order valence-electron chi connectivity index (χ2n) is 16.4. The van der Waals surface area contributed by atoms with Gasteiger partial charge in [-0.1, -0.05) is 111 Å². The Hall–Kier alpha value is -4.99. The van der Waals surface area contributed by atoms with Crippen LogP contribution in [0.15, 0.2) is 153 Å². The molecular weight excluding hydrogens is 1100 g/mol. The van der Waals surface area contributed by atoms with Crippen molar-refractivity contribution in [2.75, 3.05) is 9.80 Å². The summed E-state index contributed by atoms with van der Waals surface area (Å²) in [5.41, 5.74) is 9.30. The fourth-order valence-electron chi connectivity index (χ4n) is 6.52. The van der Waals surface area contributed by atoms with Gasteiger partial charge < -0.3 is 50.7 Å². The van der Waals surface area contributed by atoms with Crippen LogP contribution in [-0.2, 0) is 35.2 Å². The number of hydrogen-bond acceptors (Lipinski definition) is 10. The smallest absolute Gasteiger partial charge is 1.00 e. The first-order valence-electron chi connectivity index (χ1n) is 21.1. The monoisotopic (exact) mass is 1170 g/mol. The largest absolute Gasteiger partial charge is 1.00 e. The van der Waals surface area contributed by atoms with Crippen LogP contribution < -0.4 is 83.7 Å². The fourth-order valence-corrected chi connectivity index (χ4v) is 6.52. The third kappa shape index (κ3) is 19.1. The number of carbonyl (C=O) groups excluding carboxylic acids is 1. The number of hydrogen-bond donors (Lipinski definition) is 1. The van der Waals surface area contributed by atoms with E-state index in [9.17, 15) is 0 Å². The van der Waals surface area contributed by atoms with Gasteiger partial charge >= 0.3 is 59.1 Å². The summed E-state index contributed by atoms with van der Waals surface area (Å²) in [5.74, 6) is 1.48. The molecule has 0 aliphatic carbocycles. The average Bonchev–Trinajstić information content (AvgIpc) is 4.19. The number of aromatic amines is 1. The van der Waals surface area contributed by atoms with E-state index in [0.717, 1.165) is 51.1 Å². The minimum absolute atomic E-state index is 0. The van der Waals surface area contributed by atoms with Gasteiger partial charge in [0.2, 0.25) is 0 Å². The molecule has 4 aromatic heterocycles. The number of carbonyl (C=O) groups is 1. The Bertz CT molecular complexity index is 2570. The van der Waals surface area contributed by atoms with Crippen LogP contribution in [0.1, 0.15) is 85.2 Å². The molecular formula is C56H71IrN10Na2O3-5. The van der Waals surface area contributed by atoms with E-state index in [-0.39, 0.29) is 122 Å². The van der Waals surface area contributed by atoms with Crippen LogP contribution in [0.4, 0.5) is 11.4 Å². The summed E-state index contributed by atoms with van der Waals surface area (Å²) >= 11 is 0. The molecule has 0 amide bonds. The topological polar surface area (TPSA) is 135 Å². The molecule has 0 bridgehead atoms. The van der Waals surface area contributed by atoms with E-state index < -0.39 is 0 Å². The molecule has 3 aromatic carbocycles. The van der Waals surface area contributed by atoms with E-state index in [1.54, 1.807) is 24.8 Å². The summed E-state index contributed by atoms with van der Waals surface area (Å²) in [4.78, 5) is 40.2. The minimum atomic E-state index is -0.181. The summed E-state index contributed by atoms with van der Waals surface area (Å²) in [6.07, 6.45) is 15.3. The molecule has 6 heterocycles. The van der Waals surface area contributed by atoms with Gasteiger partial charge in [-0.25, -0.2) is 9.97 Å². The molecule has 0 saturated carbocycles. The standard InChI is InChI=1S/C22H31N4.C15H11N3.C14H11N3.CH2O3.4CH4.Ir.2Na.H/c1-17(2)23-8-10-25(15-23)20-12-19(22(5,6)7)13-21(14-20)26-11-9-24(16-26)18(3)4;1-18-13(12-6-3-2-4-7-12)8-5-9-14(18)15-16-10-11-17-15;1-2-5-11(6-3-1)12-7-4-8-13(17-12)14-15-9-10-16-14;2-1-4-3;;;;;;;;/h8-13,15-18H,1-7H3;2-6,8-11H,1H2;1-10H,(H,15,16);1,3H;4*1H4;;;;/q-3;-2;;;;;;;;2*+1;-1/p-1. The van der Waals surface area contributed by atoms with Crippen molar-refractivity contribution < 1.29 is 100 Å². The van der Waals surface area contributed by atoms with Gasteiger partial charge in [0, 0.05) is 45.1 Å². The Balaban J connectivity index is -0.000000940. The number of imidazole rings is 2. The van der Waals surface area contributed by atoms with Crippen molar-refractivity contribution >= 4 is 17.8 Å². The van der Waals surface area contributed by atoms with Gasteiger partial charge in [0.05, 0.1) is 5.69 Å². The quantitative estimate of drug-likeness (QED) is 0.0501. The number of pyridine rings is 2. The van der Waals surface area contributed by atoms with E-state index >= 15 is 0 Å². The maximum Gasteiger partial charge on any atom is 1.00 e. The minimum Gasteiger partial charge on any atom is -1.00 e. The van der Waals surface area contributed by atoms with Crippen LogP contribution >= 0.6 is 0 Å². The fraction of sp³-hybridized carbons (Fsp3) is 0.250. The predicted molar refractivity (Wildman–Crippen MR) is 280 cm³/mol. The van der Waals surface area contributed by atoms with Crippen LogP contribution in [0, 0.1) is 32.5 Å². The molecule has 72 heavy (non-hydrogen) atoms. The molecule has 0 saturated heterocycles. The number of anilines is 2. The molecule has 13 nitrogen and oxygen atoms in total. The first-order chi connectivity index (χ1) is 31.4. The molecule has 0 atom stereocenters.